The Kier molecular flexibility index (Phi) is 8.14. The van der Waals surface area contributed by atoms with E-state index < -0.39 is 0 Å². The molecule has 1 aliphatic heterocycles. The number of halogens is 1. The summed E-state index contributed by atoms with van der Waals surface area (Å²) in [5.74, 6) is -0.241. The van der Waals surface area contributed by atoms with Crippen molar-refractivity contribution in [3.8, 4) is 0 Å². The molecule has 7 heteroatoms. The van der Waals surface area contributed by atoms with Crippen molar-refractivity contribution in [2.75, 3.05) is 18.9 Å². The van der Waals surface area contributed by atoms with Crippen LogP contribution < -0.4 is 16.2 Å². The van der Waals surface area contributed by atoms with Crippen LogP contribution in [-0.4, -0.2) is 36.3 Å². The number of carbonyl (C=O) groups is 2. The molecule has 3 N–H and O–H groups in total. The van der Waals surface area contributed by atoms with E-state index in [1.807, 2.05) is 12.1 Å². The van der Waals surface area contributed by atoms with Gasteiger partial charge < -0.3 is 10.2 Å². The molecule has 2 unspecified atom stereocenters. The number of ketones is 1. The highest BCUT2D eigenvalue weighted by atomic mass is 19.1. The molecular weight excluding hydrogens is 395 g/mol. The highest BCUT2D eigenvalue weighted by molar-refractivity contribution is 5.96. The molecule has 1 heterocycles. The maximum Gasteiger partial charge on any atom is 0.321 e. The molecule has 2 amide bonds. The lowest BCUT2D eigenvalue weighted by Crippen LogP contribution is -2.32. The Labute approximate surface area is 183 Å². The van der Waals surface area contributed by atoms with Crippen molar-refractivity contribution in [2.24, 2.45) is 0 Å². The zero-order valence-corrected chi connectivity index (χ0v) is 18.2. The molecule has 0 bridgehead atoms. The fraction of sp³-hybridized carbons (Fsp3) is 0.417. The van der Waals surface area contributed by atoms with E-state index in [1.165, 1.54) is 19.1 Å². The van der Waals surface area contributed by atoms with Gasteiger partial charge in [0.1, 0.15) is 5.82 Å². The number of hydrogen-bond acceptors (Lipinski definition) is 4. The minimum absolute atomic E-state index is 0.0274. The molecule has 1 fully saturated rings. The number of amides is 2. The average Bonchev–Trinajstić information content (AvgIpc) is 3.23. The smallest absolute Gasteiger partial charge is 0.321 e. The molecule has 166 valence electrons. The van der Waals surface area contributed by atoms with Crippen molar-refractivity contribution in [1.29, 1.82) is 0 Å². The van der Waals surface area contributed by atoms with E-state index >= 15 is 0 Å². The van der Waals surface area contributed by atoms with Gasteiger partial charge in [-0.3, -0.25) is 15.6 Å². The molecule has 6 nitrogen and oxygen atoms in total. The number of hydrazine groups is 1. The quantitative estimate of drug-likeness (QED) is 0.403. The van der Waals surface area contributed by atoms with Crippen molar-refractivity contribution < 1.29 is 14.0 Å². The van der Waals surface area contributed by atoms with Gasteiger partial charge in [0.05, 0.1) is 0 Å². The van der Waals surface area contributed by atoms with Crippen molar-refractivity contribution in [1.82, 2.24) is 15.8 Å². The van der Waals surface area contributed by atoms with E-state index in [9.17, 15) is 14.0 Å². The van der Waals surface area contributed by atoms with Crippen LogP contribution in [0.25, 0.3) is 0 Å². The number of urea groups is 1. The molecule has 1 saturated heterocycles. The van der Waals surface area contributed by atoms with Crippen LogP contribution in [0.2, 0.25) is 0 Å². The molecule has 2 aromatic carbocycles. The standard InChI is InChI=1S/C24H31FN4O2/c1-17(30)19-7-6-9-21(15-19)26-24(31)29(2)14-5-3-4-8-22-16-23(28-27-22)18-10-12-20(25)13-11-18/h6-7,9-13,15,22-23,27-28H,3-5,8,14,16H2,1-2H3,(H,26,31). The van der Waals surface area contributed by atoms with Gasteiger partial charge in [0.2, 0.25) is 0 Å². The second-order valence-corrected chi connectivity index (χ2v) is 8.16. The summed E-state index contributed by atoms with van der Waals surface area (Å²) in [5.41, 5.74) is 8.93. The number of nitrogens with zero attached hydrogens (tertiary/aromatic N) is 1. The Morgan fingerprint density at radius 1 is 1.10 bits per heavy atom. The van der Waals surface area contributed by atoms with Gasteiger partial charge in [0, 0.05) is 36.9 Å². The van der Waals surface area contributed by atoms with Gasteiger partial charge in [-0.15, -0.1) is 0 Å². The highest BCUT2D eigenvalue weighted by Gasteiger charge is 2.24. The zero-order chi connectivity index (χ0) is 22.2. The minimum Gasteiger partial charge on any atom is -0.328 e. The first kappa shape index (κ1) is 22.9. The van der Waals surface area contributed by atoms with Crippen LogP contribution in [0.3, 0.4) is 0 Å². The van der Waals surface area contributed by atoms with Crippen LogP contribution in [0.15, 0.2) is 48.5 Å². The fourth-order valence-electron chi connectivity index (χ4n) is 3.78. The number of anilines is 1. The molecule has 0 spiro atoms. The summed E-state index contributed by atoms with van der Waals surface area (Å²) in [5, 5.41) is 2.84. The van der Waals surface area contributed by atoms with Crippen LogP contribution in [0, 0.1) is 5.82 Å². The zero-order valence-electron chi connectivity index (χ0n) is 18.2. The predicted octanol–water partition coefficient (Wildman–Crippen LogP) is 4.66. The lowest BCUT2D eigenvalue weighted by atomic mass is 9.99. The molecular formula is C24H31FN4O2. The Morgan fingerprint density at radius 2 is 1.87 bits per heavy atom. The van der Waals surface area contributed by atoms with Gasteiger partial charge in [-0.25, -0.2) is 9.18 Å². The van der Waals surface area contributed by atoms with E-state index in [0.717, 1.165) is 37.7 Å². The molecule has 0 radical (unpaired) electrons. The van der Waals surface area contributed by atoms with E-state index in [-0.39, 0.29) is 23.7 Å². The third kappa shape index (κ3) is 6.87. The Morgan fingerprint density at radius 3 is 2.61 bits per heavy atom. The Balaban J connectivity index is 1.31. The SMILES string of the molecule is CC(=O)c1cccc(NC(=O)N(C)CCCCCC2CC(c3ccc(F)cc3)NN2)c1. The van der Waals surface area contributed by atoms with E-state index in [0.29, 0.717) is 23.8 Å². The summed E-state index contributed by atoms with van der Waals surface area (Å²) >= 11 is 0. The third-order valence-corrected chi connectivity index (χ3v) is 5.67. The molecule has 31 heavy (non-hydrogen) atoms. The van der Waals surface area contributed by atoms with E-state index in [2.05, 4.69) is 16.2 Å². The molecule has 2 aromatic rings. The summed E-state index contributed by atoms with van der Waals surface area (Å²) < 4.78 is 13.1. The Bertz CT molecular complexity index is 887. The van der Waals surface area contributed by atoms with Crippen LogP contribution in [0.1, 0.15) is 61.0 Å². The molecule has 1 aliphatic rings. The minimum atomic E-state index is -0.213. The van der Waals surface area contributed by atoms with Crippen LogP contribution in [0.5, 0.6) is 0 Å². The first-order valence-corrected chi connectivity index (χ1v) is 10.8. The number of benzene rings is 2. The number of rotatable bonds is 9. The fourth-order valence-corrected chi connectivity index (χ4v) is 3.78. The molecule has 3 rings (SSSR count). The lowest BCUT2D eigenvalue weighted by molar-refractivity contribution is 0.101. The second-order valence-electron chi connectivity index (χ2n) is 8.16. The first-order valence-electron chi connectivity index (χ1n) is 10.8. The summed E-state index contributed by atoms with van der Waals surface area (Å²) in [6.45, 7) is 2.18. The van der Waals surface area contributed by atoms with Gasteiger partial charge in [-0.2, -0.15) is 0 Å². The maximum absolute atomic E-state index is 13.1. The summed E-state index contributed by atoms with van der Waals surface area (Å²) in [6, 6.07) is 14.0. The van der Waals surface area contributed by atoms with Gasteiger partial charge in [-0.05, 0) is 56.0 Å². The number of carbonyl (C=O) groups excluding carboxylic acids is 2. The predicted molar refractivity (Wildman–Crippen MR) is 120 cm³/mol. The van der Waals surface area contributed by atoms with Crippen LogP contribution in [0.4, 0.5) is 14.9 Å². The molecule has 0 aromatic heterocycles. The second kappa shape index (κ2) is 11.0. The average molecular weight is 427 g/mol. The maximum atomic E-state index is 13.1. The largest absolute Gasteiger partial charge is 0.328 e. The van der Waals surface area contributed by atoms with Gasteiger partial charge >= 0.3 is 6.03 Å². The first-order chi connectivity index (χ1) is 14.9. The normalized spacial score (nSPS) is 18.0. The number of hydrogen-bond donors (Lipinski definition) is 3. The number of unbranched alkanes of at least 4 members (excludes halogenated alkanes) is 2. The van der Waals surface area contributed by atoms with Gasteiger partial charge in [-0.1, -0.05) is 37.1 Å². The van der Waals surface area contributed by atoms with Crippen molar-refractivity contribution in [3.05, 3.63) is 65.5 Å². The van der Waals surface area contributed by atoms with Gasteiger partial charge in [0.15, 0.2) is 5.78 Å². The van der Waals surface area contributed by atoms with E-state index in [4.69, 9.17) is 0 Å². The number of nitrogens with one attached hydrogen (secondary N) is 3. The third-order valence-electron chi connectivity index (χ3n) is 5.67. The topological polar surface area (TPSA) is 73.5 Å². The van der Waals surface area contributed by atoms with Crippen molar-refractivity contribution >= 4 is 17.5 Å². The monoisotopic (exact) mass is 426 g/mol. The Hall–Kier alpha value is -2.77. The highest BCUT2D eigenvalue weighted by Crippen LogP contribution is 2.24. The number of Topliss-reactive ketones (excluding diaryl/α,β-unsaturated/α-hetero) is 1. The molecule has 0 aliphatic carbocycles. The lowest BCUT2D eigenvalue weighted by Gasteiger charge is -2.18. The van der Waals surface area contributed by atoms with Crippen molar-refractivity contribution in [3.63, 3.8) is 0 Å². The van der Waals surface area contributed by atoms with Crippen LogP contribution >= 0.6 is 0 Å². The molecule has 0 saturated carbocycles. The summed E-state index contributed by atoms with van der Waals surface area (Å²) in [4.78, 5) is 25.5. The summed E-state index contributed by atoms with van der Waals surface area (Å²) in [7, 11) is 1.78. The molecule has 2 atom stereocenters. The van der Waals surface area contributed by atoms with E-state index in [1.54, 1.807) is 36.2 Å². The van der Waals surface area contributed by atoms with Crippen LogP contribution in [-0.2, 0) is 0 Å². The van der Waals surface area contributed by atoms with Gasteiger partial charge in [0.25, 0.3) is 0 Å². The summed E-state index contributed by atoms with van der Waals surface area (Å²) in [6.07, 6.45) is 5.08. The van der Waals surface area contributed by atoms with Crippen molar-refractivity contribution in [2.45, 2.75) is 51.1 Å².